The van der Waals surface area contributed by atoms with Crippen molar-refractivity contribution < 1.29 is 0 Å². The minimum atomic E-state index is 1.07. The summed E-state index contributed by atoms with van der Waals surface area (Å²) < 4.78 is 4.80. The first-order chi connectivity index (χ1) is 34.3. The van der Waals surface area contributed by atoms with Crippen LogP contribution in [-0.2, 0) is 0 Å². The maximum Gasteiger partial charge on any atom is 0.0562 e. The first kappa shape index (κ1) is 40.1. The van der Waals surface area contributed by atoms with E-state index >= 15 is 0 Å². The van der Waals surface area contributed by atoms with Crippen molar-refractivity contribution in [2.24, 2.45) is 0 Å². The monoisotopic (exact) mass is 879 g/mol. The van der Waals surface area contributed by atoms with Crippen LogP contribution in [0.1, 0.15) is 0 Å². The summed E-state index contributed by atoms with van der Waals surface area (Å²) in [4.78, 5) is 2.49. The number of anilines is 3. The first-order valence-electron chi connectivity index (χ1n) is 23.7. The van der Waals surface area contributed by atoms with Crippen molar-refractivity contribution in [3.05, 3.63) is 273 Å². The van der Waals surface area contributed by atoms with Crippen molar-refractivity contribution in [2.45, 2.75) is 0 Å². The van der Waals surface area contributed by atoms with Gasteiger partial charge in [0.2, 0.25) is 0 Å². The molecule has 0 bridgehead atoms. The maximum absolute atomic E-state index is 2.49. The molecule has 0 atom stereocenters. The molecule has 0 saturated heterocycles. The molecule has 3 nitrogen and oxygen atoms in total. The van der Waals surface area contributed by atoms with E-state index in [9.17, 15) is 0 Å². The molecule has 0 N–H and O–H groups in total. The van der Waals surface area contributed by atoms with E-state index in [0.29, 0.717) is 0 Å². The predicted octanol–water partition coefficient (Wildman–Crippen LogP) is 18.0. The van der Waals surface area contributed by atoms with E-state index < -0.39 is 0 Å². The molecule has 13 rings (SSSR count). The molecular formula is C66H45N3. The van der Waals surface area contributed by atoms with Crippen LogP contribution in [0, 0.1) is 0 Å². The number of rotatable bonds is 9. The minimum Gasteiger partial charge on any atom is -0.309 e. The minimum absolute atomic E-state index is 1.07. The average Bonchev–Trinajstić information content (AvgIpc) is 3.96. The molecule has 0 spiro atoms. The van der Waals surface area contributed by atoms with Crippen LogP contribution in [0.5, 0.6) is 0 Å². The lowest BCUT2D eigenvalue weighted by Gasteiger charge is -2.29. The Bertz CT molecular complexity index is 4000. The van der Waals surface area contributed by atoms with Gasteiger partial charge in [0.1, 0.15) is 0 Å². The molecule has 13 aromatic rings. The van der Waals surface area contributed by atoms with Gasteiger partial charge < -0.3 is 14.0 Å². The highest BCUT2D eigenvalue weighted by Crippen LogP contribution is 2.49. The molecule has 69 heavy (non-hydrogen) atoms. The number of fused-ring (bicyclic) bond motifs is 6. The summed E-state index contributed by atoms with van der Waals surface area (Å²) in [5, 5.41) is 4.88. The van der Waals surface area contributed by atoms with E-state index in [4.69, 9.17) is 0 Å². The van der Waals surface area contributed by atoms with Gasteiger partial charge in [-0.2, -0.15) is 0 Å². The smallest absolute Gasteiger partial charge is 0.0562 e. The molecule has 0 amide bonds. The van der Waals surface area contributed by atoms with Crippen LogP contribution in [0.4, 0.5) is 17.1 Å². The van der Waals surface area contributed by atoms with Gasteiger partial charge in [-0.1, -0.05) is 200 Å². The third-order valence-electron chi connectivity index (χ3n) is 13.7. The van der Waals surface area contributed by atoms with Gasteiger partial charge in [-0.05, 0) is 112 Å². The zero-order valence-corrected chi connectivity index (χ0v) is 37.8. The Hall–Kier alpha value is -9.18. The predicted molar refractivity (Wildman–Crippen MR) is 292 cm³/mol. The number of benzene rings is 11. The molecule has 0 aliphatic carbocycles. The van der Waals surface area contributed by atoms with Crippen molar-refractivity contribution in [1.82, 2.24) is 9.13 Å². The van der Waals surface area contributed by atoms with Crippen LogP contribution >= 0.6 is 0 Å². The highest BCUT2D eigenvalue weighted by atomic mass is 15.2. The highest BCUT2D eigenvalue weighted by Gasteiger charge is 2.25. The summed E-state index contributed by atoms with van der Waals surface area (Å²) in [7, 11) is 0. The summed E-state index contributed by atoms with van der Waals surface area (Å²) in [6.07, 6.45) is 0. The molecule has 0 aliphatic rings. The molecule has 0 fully saturated rings. The Balaban J connectivity index is 1.04. The second kappa shape index (κ2) is 16.9. The Morgan fingerprint density at radius 2 is 0.623 bits per heavy atom. The Kier molecular flexibility index (Phi) is 9.84. The summed E-state index contributed by atoms with van der Waals surface area (Å²) in [6, 6.07) is 99.1. The van der Waals surface area contributed by atoms with Gasteiger partial charge in [0.05, 0.1) is 33.4 Å². The van der Waals surface area contributed by atoms with E-state index in [2.05, 4.69) is 287 Å². The number of aromatic nitrogens is 2. The fourth-order valence-corrected chi connectivity index (χ4v) is 10.8. The molecule has 0 radical (unpaired) electrons. The molecule has 0 unspecified atom stereocenters. The molecular weight excluding hydrogens is 835 g/mol. The summed E-state index contributed by atoms with van der Waals surface area (Å²) in [5.41, 5.74) is 19.7. The average molecular weight is 880 g/mol. The molecule has 324 valence electrons. The zero-order valence-electron chi connectivity index (χ0n) is 37.8. The SMILES string of the molecule is c1ccc(-c2ccccc2-c2ccccc2-c2ccccc2N(c2ccc(-c3cccc4c3c3ccccc3n4-c3ccccc3)cc2)c2cccc3c2c2ccccc2n3-c2ccccc2)cc1. The van der Waals surface area contributed by atoms with Gasteiger partial charge in [-0.15, -0.1) is 0 Å². The molecule has 0 saturated carbocycles. The first-order valence-corrected chi connectivity index (χ1v) is 23.7. The Morgan fingerprint density at radius 1 is 0.232 bits per heavy atom. The third kappa shape index (κ3) is 6.74. The van der Waals surface area contributed by atoms with Crippen molar-refractivity contribution in [2.75, 3.05) is 4.90 Å². The number of nitrogens with zero attached hydrogens (tertiary/aromatic N) is 3. The van der Waals surface area contributed by atoms with Crippen LogP contribution in [0.25, 0.3) is 99.5 Å². The quantitative estimate of drug-likeness (QED) is 0.141. The van der Waals surface area contributed by atoms with Crippen LogP contribution in [0.3, 0.4) is 0 Å². The molecule has 0 aliphatic heterocycles. The zero-order chi connectivity index (χ0) is 45.7. The Labute approximate surface area is 401 Å². The van der Waals surface area contributed by atoms with Crippen LogP contribution < -0.4 is 4.90 Å². The number of hydrogen-bond acceptors (Lipinski definition) is 1. The van der Waals surface area contributed by atoms with Gasteiger partial charge in [0, 0.05) is 44.2 Å². The van der Waals surface area contributed by atoms with Crippen molar-refractivity contribution in [3.63, 3.8) is 0 Å². The maximum atomic E-state index is 2.49. The van der Waals surface area contributed by atoms with Gasteiger partial charge in [-0.3, -0.25) is 0 Å². The largest absolute Gasteiger partial charge is 0.309 e. The van der Waals surface area contributed by atoms with E-state index in [1.165, 1.54) is 71.5 Å². The second-order valence-electron chi connectivity index (χ2n) is 17.6. The fraction of sp³-hybridized carbons (Fsp3) is 0. The molecule has 11 aromatic carbocycles. The highest BCUT2D eigenvalue weighted by molar-refractivity contribution is 6.18. The van der Waals surface area contributed by atoms with E-state index in [1.54, 1.807) is 0 Å². The van der Waals surface area contributed by atoms with E-state index in [1.807, 2.05) is 0 Å². The van der Waals surface area contributed by atoms with Crippen molar-refractivity contribution >= 4 is 60.7 Å². The van der Waals surface area contributed by atoms with E-state index in [-0.39, 0.29) is 0 Å². The molecule has 3 heteroatoms. The van der Waals surface area contributed by atoms with Crippen LogP contribution in [0.2, 0.25) is 0 Å². The van der Waals surface area contributed by atoms with Crippen LogP contribution in [0.15, 0.2) is 273 Å². The van der Waals surface area contributed by atoms with Gasteiger partial charge in [0.15, 0.2) is 0 Å². The summed E-state index contributed by atoms with van der Waals surface area (Å²) in [5.74, 6) is 0. The standard InChI is InChI=1S/C66H45N3/c1-4-22-46(23-5-1)51-28-10-11-29-53(51)54-30-12-13-31-55(54)56-32-14-17-36-59(56)69(64-41-21-40-63-66(64)58-34-16-19-38-61(58)68(63)49-26-8-3-9-27-49)50-44-42-47(43-45-50)52-35-20-39-62-65(52)57-33-15-18-37-60(57)67(62)48-24-6-2-7-25-48/h1-45H. The van der Waals surface area contributed by atoms with Crippen molar-refractivity contribution in [3.8, 4) is 55.9 Å². The topological polar surface area (TPSA) is 13.1 Å². The molecule has 2 heterocycles. The lowest BCUT2D eigenvalue weighted by Crippen LogP contribution is -2.12. The Morgan fingerprint density at radius 3 is 1.25 bits per heavy atom. The second-order valence-corrected chi connectivity index (χ2v) is 17.6. The number of hydrogen-bond donors (Lipinski definition) is 0. The third-order valence-corrected chi connectivity index (χ3v) is 13.7. The van der Waals surface area contributed by atoms with Gasteiger partial charge in [-0.25, -0.2) is 0 Å². The van der Waals surface area contributed by atoms with E-state index in [0.717, 1.165) is 45.1 Å². The lowest BCUT2D eigenvalue weighted by atomic mass is 9.88. The van der Waals surface area contributed by atoms with Gasteiger partial charge >= 0.3 is 0 Å². The summed E-state index contributed by atoms with van der Waals surface area (Å²) in [6.45, 7) is 0. The number of para-hydroxylation sites is 5. The van der Waals surface area contributed by atoms with Crippen LogP contribution in [-0.4, -0.2) is 9.13 Å². The molecule has 2 aromatic heterocycles. The fourth-order valence-electron chi connectivity index (χ4n) is 10.8. The van der Waals surface area contributed by atoms with Gasteiger partial charge in [0.25, 0.3) is 0 Å². The lowest BCUT2D eigenvalue weighted by molar-refractivity contribution is 1.18. The van der Waals surface area contributed by atoms with Crippen molar-refractivity contribution in [1.29, 1.82) is 0 Å². The normalized spacial score (nSPS) is 11.5. The summed E-state index contributed by atoms with van der Waals surface area (Å²) >= 11 is 0.